The zero-order chi connectivity index (χ0) is 12.3. The zero-order valence-electron chi connectivity index (χ0n) is 11.0. The summed E-state index contributed by atoms with van der Waals surface area (Å²) in [5, 5.41) is 6.75. The van der Waals surface area contributed by atoms with Crippen LogP contribution < -0.4 is 10.6 Å². The molecular formula is C13H22N4. The van der Waals surface area contributed by atoms with Crippen molar-refractivity contribution in [3.63, 3.8) is 0 Å². The summed E-state index contributed by atoms with van der Waals surface area (Å²) in [6, 6.07) is 0.511. The molecule has 1 saturated heterocycles. The highest BCUT2D eigenvalue weighted by Crippen LogP contribution is 2.20. The van der Waals surface area contributed by atoms with E-state index in [1.165, 1.54) is 5.56 Å². The van der Waals surface area contributed by atoms with E-state index in [1.54, 1.807) is 0 Å². The molecule has 0 radical (unpaired) electrons. The molecule has 4 nitrogen and oxygen atoms in total. The van der Waals surface area contributed by atoms with E-state index in [-0.39, 0.29) is 5.41 Å². The van der Waals surface area contributed by atoms with Gasteiger partial charge in [-0.25, -0.2) is 9.97 Å². The van der Waals surface area contributed by atoms with Crippen LogP contribution in [-0.2, 0) is 5.41 Å². The van der Waals surface area contributed by atoms with E-state index < -0.39 is 0 Å². The van der Waals surface area contributed by atoms with Gasteiger partial charge in [-0.3, -0.25) is 0 Å². The number of anilines is 1. The summed E-state index contributed by atoms with van der Waals surface area (Å²) in [7, 11) is 0. The molecule has 1 aromatic heterocycles. The molecule has 1 fully saturated rings. The maximum absolute atomic E-state index is 4.40. The van der Waals surface area contributed by atoms with Crippen LogP contribution in [0.25, 0.3) is 0 Å². The average Bonchev–Trinajstić information content (AvgIpc) is 2.30. The monoisotopic (exact) mass is 234 g/mol. The molecule has 1 aliphatic rings. The van der Waals surface area contributed by atoms with Crippen LogP contribution in [0.4, 0.5) is 5.95 Å². The summed E-state index contributed by atoms with van der Waals surface area (Å²) in [6.45, 7) is 8.68. The number of nitrogens with one attached hydrogen (secondary N) is 2. The lowest BCUT2D eigenvalue weighted by atomic mass is 9.89. The van der Waals surface area contributed by atoms with E-state index in [9.17, 15) is 0 Å². The Kier molecular flexibility index (Phi) is 3.62. The number of aromatic nitrogens is 2. The van der Waals surface area contributed by atoms with Gasteiger partial charge in [-0.1, -0.05) is 20.8 Å². The Hall–Kier alpha value is -1.16. The fraction of sp³-hybridized carbons (Fsp3) is 0.692. The molecule has 1 aromatic rings. The lowest BCUT2D eigenvalue weighted by Gasteiger charge is -2.24. The zero-order valence-corrected chi connectivity index (χ0v) is 11.0. The smallest absolute Gasteiger partial charge is 0.222 e. The molecule has 2 N–H and O–H groups in total. The Labute approximate surface area is 103 Å². The molecule has 2 rings (SSSR count). The van der Waals surface area contributed by atoms with Crippen LogP contribution in [0.5, 0.6) is 0 Å². The van der Waals surface area contributed by atoms with E-state index in [4.69, 9.17) is 0 Å². The Balaban J connectivity index is 1.98. The largest absolute Gasteiger partial charge is 0.351 e. The van der Waals surface area contributed by atoms with Crippen molar-refractivity contribution in [1.29, 1.82) is 0 Å². The summed E-state index contributed by atoms with van der Waals surface area (Å²) in [4.78, 5) is 8.79. The first-order valence-electron chi connectivity index (χ1n) is 6.35. The van der Waals surface area contributed by atoms with Gasteiger partial charge in [0.15, 0.2) is 0 Å². The van der Waals surface area contributed by atoms with Gasteiger partial charge in [0.05, 0.1) is 0 Å². The van der Waals surface area contributed by atoms with E-state index >= 15 is 0 Å². The van der Waals surface area contributed by atoms with Crippen LogP contribution >= 0.6 is 0 Å². The van der Waals surface area contributed by atoms with Gasteiger partial charge in [0, 0.05) is 18.4 Å². The molecule has 94 valence electrons. The summed E-state index contributed by atoms with van der Waals surface area (Å²) in [6.07, 6.45) is 6.14. The van der Waals surface area contributed by atoms with Gasteiger partial charge in [-0.05, 0) is 36.9 Å². The predicted octanol–water partition coefficient (Wildman–Crippen LogP) is 1.94. The Morgan fingerprint density at radius 3 is 2.29 bits per heavy atom. The molecule has 0 unspecified atom stereocenters. The average molecular weight is 234 g/mol. The quantitative estimate of drug-likeness (QED) is 0.821. The number of rotatable bonds is 2. The van der Waals surface area contributed by atoms with Gasteiger partial charge >= 0.3 is 0 Å². The molecule has 0 aliphatic carbocycles. The van der Waals surface area contributed by atoms with Crippen LogP contribution in [-0.4, -0.2) is 29.1 Å². The number of piperidine rings is 1. The number of hydrogen-bond donors (Lipinski definition) is 2. The Morgan fingerprint density at radius 2 is 1.76 bits per heavy atom. The topological polar surface area (TPSA) is 49.8 Å². The third-order valence-corrected chi connectivity index (χ3v) is 3.19. The van der Waals surface area contributed by atoms with E-state index in [1.807, 2.05) is 12.4 Å². The number of nitrogens with zero attached hydrogens (tertiary/aromatic N) is 2. The molecule has 0 spiro atoms. The first-order chi connectivity index (χ1) is 8.05. The minimum absolute atomic E-state index is 0.118. The summed E-state index contributed by atoms with van der Waals surface area (Å²) >= 11 is 0. The lowest BCUT2D eigenvalue weighted by Crippen LogP contribution is -2.35. The maximum atomic E-state index is 4.40. The van der Waals surface area contributed by atoms with Crippen LogP contribution in [0, 0.1) is 0 Å². The Morgan fingerprint density at radius 1 is 1.18 bits per heavy atom. The lowest BCUT2D eigenvalue weighted by molar-refractivity contribution is 0.477. The summed E-state index contributed by atoms with van der Waals surface area (Å²) in [5.74, 6) is 0.755. The van der Waals surface area contributed by atoms with Crippen molar-refractivity contribution in [3.8, 4) is 0 Å². The fourth-order valence-electron chi connectivity index (χ4n) is 1.94. The van der Waals surface area contributed by atoms with Crippen LogP contribution in [0.2, 0.25) is 0 Å². The van der Waals surface area contributed by atoms with Crippen molar-refractivity contribution in [2.75, 3.05) is 18.4 Å². The van der Waals surface area contributed by atoms with E-state index in [0.29, 0.717) is 6.04 Å². The van der Waals surface area contributed by atoms with Crippen LogP contribution in [0.1, 0.15) is 39.2 Å². The van der Waals surface area contributed by atoms with Crippen LogP contribution in [0.15, 0.2) is 12.4 Å². The van der Waals surface area contributed by atoms with Gasteiger partial charge in [0.2, 0.25) is 5.95 Å². The van der Waals surface area contributed by atoms with Crippen molar-refractivity contribution in [3.05, 3.63) is 18.0 Å². The van der Waals surface area contributed by atoms with Gasteiger partial charge in [-0.15, -0.1) is 0 Å². The molecule has 0 aromatic carbocycles. The minimum atomic E-state index is 0.118. The van der Waals surface area contributed by atoms with E-state index in [2.05, 4.69) is 41.4 Å². The van der Waals surface area contributed by atoms with E-state index in [0.717, 1.165) is 31.9 Å². The second-order valence-electron chi connectivity index (χ2n) is 5.71. The van der Waals surface area contributed by atoms with Crippen molar-refractivity contribution >= 4 is 5.95 Å². The maximum Gasteiger partial charge on any atom is 0.222 e. The van der Waals surface area contributed by atoms with Crippen molar-refractivity contribution in [2.24, 2.45) is 0 Å². The first kappa shape index (κ1) is 12.3. The molecule has 0 atom stereocenters. The standard InChI is InChI=1S/C13H22N4/c1-13(2,3)10-8-15-12(16-9-10)17-11-4-6-14-7-5-11/h8-9,11,14H,4-7H2,1-3H3,(H,15,16,17). The fourth-order valence-corrected chi connectivity index (χ4v) is 1.94. The summed E-state index contributed by atoms with van der Waals surface area (Å²) < 4.78 is 0. The van der Waals surface area contributed by atoms with Crippen molar-refractivity contribution < 1.29 is 0 Å². The minimum Gasteiger partial charge on any atom is -0.351 e. The molecule has 1 aliphatic heterocycles. The van der Waals surface area contributed by atoms with Gasteiger partial charge in [0.25, 0.3) is 0 Å². The summed E-state index contributed by atoms with van der Waals surface area (Å²) in [5.41, 5.74) is 1.29. The third kappa shape index (κ3) is 3.40. The molecular weight excluding hydrogens is 212 g/mol. The predicted molar refractivity (Wildman–Crippen MR) is 70.2 cm³/mol. The second-order valence-corrected chi connectivity index (χ2v) is 5.71. The number of hydrogen-bond acceptors (Lipinski definition) is 4. The van der Waals surface area contributed by atoms with Crippen molar-refractivity contribution in [2.45, 2.75) is 45.1 Å². The normalized spacial score (nSPS) is 18.1. The van der Waals surface area contributed by atoms with Crippen molar-refractivity contribution in [1.82, 2.24) is 15.3 Å². The second kappa shape index (κ2) is 5.00. The molecule has 4 heteroatoms. The van der Waals surface area contributed by atoms with Crippen LogP contribution in [0.3, 0.4) is 0 Å². The van der Waals surface area contributed by atoms with Gasteiger partial charge < -0.3 is 10.6 Å². The molecule has 17 heavy (non-hydrogen) atoms. The third-order valence-electron chi connectivity index (χ3n) is 3.19. The first-order valence-corrected chi connectivity index (χ1v) is 6.35. The molecule has 2 heterocycles. The highest BCUT2D eigenvalue weighted by atomic mass is 15.1. The molecule has 0 amide bonds. The highest BCUT2D eigenvalue weighted by molar-refractivity contribution is 5.28. The van der Waals surface area contributed by atoms with Gasteiger partial charge in [0.1, 0.15) is 0 Å². The Bertz CT molecular complexity index is 347. The molecule has 0 bridgehead atoms. The van der Waals surface area contributed by atoms with Gasteiger partial charge in [-0.2, -0.15) is 0 Å². The SMILES string of the molecule is CC(C)(C)c1cnc(NC2CCNCC2)nc1. The highest BCUT2D eigenvalue weighted by Gasteiger charge is 2.16. The molecule has 0 saturated carbocycles.